The molecule has 0 bridgehead atoms. The van der Waals surface area contributed by atoms with Gasteiger partial charge < -0.3 is 63.8 Å². The molecule has 14 nitrogen and oxygen atoms in total. The Balaban J connectivity index is 0.906. The van der Waals surface area contributed by atoms with Gasteiger partial charge in [0.15, 0.2) is 17.2 Å². The summed E-state index contributed by atoms with van der Waals surface area (Å²) in [5.74, 6) is -4.06. The van der Waals surface area contributed by atoms with Crippen LogP contribution in [0.1, 0.15) is 118 Å². The molecule has 0 aliphatic carbocycles. The minimum Gasteiger partial charge on any atom is -0.479 e. The van der Waals surface area contributed by atoms with Gasteiger partial charge in [-0.2, -0.15) is 0 Å². The fourth-order valence-corrected chi connectivity index (χ4v) is 10.4. The molecular weight excluding hydrogens is 740 g/mol. The van der Waals surface area contributed by atoms with E-state index in [0.29, 0.717) is 63.5 Å². The molecule has 0 aromatic heterocycles. The van der Waals surface area contributed by atoms with Crippen molar-refractivity contribution < 1.29 is 68.6 Å². The van der Waals surface area contributed by atoms with Crippen molar-refractivity contribution in [1.82, 2.24) is 0 Å². The topological polar surface area (TPSA) is 203 Å². The van der Waals surface area contributed by atoms with Gasteiger partial charge in [0.2, 0.25) is 5.79 Å². The number of aliphatic hydroxyl groups excluding tert-OH is 4. The summed E-state index contributed by atoms with van der Waals surface area (Å²) >= 11 is 0. The zero-order chi connectivity index (χ0) is 40.9. The molecule has 17 unspecified atom stereocenters. The van der Waals surface area contributed by atoms with Gasteiger partial charge in [-0.25, -0.2) is 4.79 Å². The number of ether oxygens (including phenoxy) is 7. The average molecular weight is 807 g/mol. The maximum absolute atomic E-state index is 11.5. The SMILES string of the molecule is C=C1C(O)C2OC3(CCC(C=CCC4CC(C)=CC5(O4)OC(CC(C)(O)C(=O)O)CCC5O)O3)CCC2OC1C(O)CC(O)C1OC2(CCC1C)OCCCC2C. The Labute approximate surface area is 336 Å². The molecule has 0 amide bonds. The Kier molecular flexibility index (Phi) is 12.9. The number of carboxylic acid groups (broad SMARTS) is 1. The highest BCUT2D eigenvalue weighted by molar-refractivity contribution is 5.76. The first-order chi connectivity index (χ1) is 26.9. The van der Waals surface area contributed by atoms with Gasteiger partial charge in [0.25, 0.3) is 0 Å². The number of carbonyl (C=O) groups is 1. The summed E-state index contributed by atoms with van der Waals surface area (Å²) in [5, 5.41) is 65.0. The van der Waals surface area contributed by atoms with E-state index < -0.39 is 83.9 Å². The third-order valence-electron chi connectivity index (χ3n) is 13.8. The second kappa shape index (κ2) is 16.9. The molecule has 7 rings (SSSR count). The van der Waals surface area contributed by atoms with E-state index in [-0.39, 0.29) is 36.9 Å². The summed E-state index contributed by atoms with van der Waals surface area (Å²) in [6.45, 7) is 12.1. The third kappa shape index (κ3) is 8.99. The van der Waals surface area contributed by atoms with Gasteiger partial charge in [-0.1, -0.05) is 38.2 Å². The fraction of sp³-hybridized carbons (Fsp3) is 0.837. The smallest absolute Gasteiger partial charge is 0.335 e. The molecule has 0 aromatic carbocycles. The van der Waals surface area contributed by atoms with Crippen molar-refractivity contribution in [3.8, 4) is 0 Å². The van der Waals surface area contributed by atoms with Crippen LogP contribution in [0.5, 0.6) is 0 Å². The fourth-order valence-electron chi connectivity index (χ4n) is 10.4. The van der Waals surface area contributed by atoms with Crippen LogP contribution >= 0.6 is 0 Å². The molecule has 7 heterocycles. The summed E-state index contributed by atoms with van der Waals surface area (Å²) in [4.78, 5) is 11.5. The number of hydrogen-bond donors (Lipinski definition) is 6. The first-order valence-corrected chi connectivity index (χ1v) is 21.3. The Hall–Kier alpha value is -1.79. The Morgan fingerprint density at radius 3 is 2.49 bits per heavy atom. The van der Waals surface area contributed by atoms with Crippen LogP contribution in [0, 0.1) is 11.8 Å². The van der Waals surface area contributed by atoms with Gasteiger partial charge in [-0.3, -0.25) is 0 Å². The van der Waals surface area contributed by atoms with Gasteiger partial charge in [0.1, 0.15) is 24.4 Å². The lowest BCUT2D eigenvalue weighted by molar-refractivity contribution is -0.338. The summed E-state index contributed by atoms with van der Waals surface area (Å²) in [7, 11) is 0. The average Bonchev–Trinajstić information content (AvgIpc) is 3.54. The van der Waals surface area contributed by atoms with Crippen LogP contribution < -0.4 is 0 Å². The first kappa shape index (κ1) is 43.3. The van der Waals surface area contributed by atoms with E-state index in [4.69, 9.17) is 33.2 Å². The van der Waals surface area contributed by atoms with Crippen molar-refractivity contribution >= 4 is 5.97 Å². The van der Waals surface area contributed by atoms with Crippen LogP contribution in [0.2, 0.25) is 0 Å². The number of hydrogen-bond acceptors (Lipinski definition) is 13. The molecule has 6 fully saturated rings. The highest BCUT2D eigenvalue weighted by Crippen LogP contribution is 2.47. The molecule has 0 saturated carbocycles. The number of aliphatic hydroxyl groups is 5. The van der Waals surface area contributed by atoms with Crippen molar-refractivity contribution in [2.24, 2.45) is 11.8 Å². The maximum atomic E-state index is 11.5. The quantitative estimate of drug-likeness (QED) is 0.173. The predicted octanol–water partition coefficient (Wildman–Crippen LogP) is 3.94. The third-order valence-corrected chi connectivity index (χ3v) is 13.8. The number of carboxylic acids is 1. The number of rotatable bonds is 10. The van der Waals surface area contributed by atoms with Crippen molar-refractivity contribution in [2.75, 3.05) is 6.61 Å². The Morgan fingerprint density at radius 1 is 0.982 bits per heavy atom. The Morgan fingerprint density at radius 2 is 1.74 bits per heavy atom. The van der Waals surface area contributed by atoms with E-state index in [1.165, 1.54) is 6.92 Å². The second-order valence-electron chi connectivity index (χ2n) is 18.5. The van der Waals surface area contributed by atoms with E-state index >= 15 is 0 Å². The summed E-state index contributed by atoms with van der Waals surface area (Å²) < 4.78 is 44.7. The lowest BCUT2D eigenvalue weighted by atomic mass is 9.80. The number of aliphatic carboxylic acids is 1. The van der Waals surface area contributed by atoms with Crippen molar-refractivity contribution in [2.45, 2.75) is 208 Å². The van der Waals surface area contributed by atoms with E-state index in [0.717, 1.165) is 31.3 Å². The Bertz CT molecular complexity index is 1520. The molecule has 7 aliphatic heterocycles. The zero-order valence-corrected chi connectivity index (χ0v) is 34.0. The van der Waals surface area contributed by atoms with Crippen LogP contribution in [0.25, 0.3) is 0 Å². The minimum absolute atomic E-state index is 0.00202. The van der Waals surface area contributed by atoms with Crippen LogP contribution in [0.3, 0.4) is 0 Å². The lowest BCUT2D eigenvalue weighted by Crippen LogP contribution is -2.60. The molecule has 14 heteroatoms. The summed E-state index contributed by atoms with van der Waals surface area (Å²) in [6.07, 6.45) is 5.72. The van der Waals surface area contributed by atoms with E-state index in [2.05, 4.69) is 20.4 Å². The molecule has 0 radical (unpaired) electrons. The van der Waals surface area contributed by atoms with Crippen LogP contribution in [-0.4, -0.2) is 133 Å². The van der Waals surface area contributed by atoms with Crippen LogP contribution in [-0.2, 0) is 38.0 Å². The predicted molar refractivity (Wildman–Crippen MR) is 204 cm³/mol. The van der Waals surface area contributed by atoms with Crippen molar-refractivity contribution in [3.05, 3.63) is 36.0 Å². The van der Waals surface area contributed by atoms with Crippen molar-refractivity contribution in [1.29, 1.82) is 0 Å². The van der Waals surface area contributed by atoms with Gasteiger partial charge in [0, 0.05) is 38.0 Å². The molecule has 3 spiro atoms. The van der Waals surface area contributed by atoms with E-state index in [9.17, 15) is 35.4 Å². The summed E-state index contributed by atoms with van der Waals surface area (Å²) in [5.41, 5.74) is -0.675. The monoisotopic (exact) mass is 806 g/mol. The summed E-state index contributed by atoms with van der Waals surface area (Å²) in [6, 6.07) is 0. The van der Waals surface area contributed by atoms with E-state index in [1.807, 2.05) is 19.1 Å². The normalized spacial score (nSPS) is 46.2. The molecular formula is C43H66O14. The number of fused-ring (bicyclic) bond motifs is 1. The molecule has 6 N–H and O–H groups in total. The van der Waals surface area contributed by atoms with Gasteiger partial charge >= 0.3 is 5.97 Å². The van der Waals surface area contributed by atoms with Gasteiger partial charge in [0.05, 0.1) is 49.3 Å². The highest BCUT2D eigenvalue weighted by Gasteiger charge is 2.55. The lowest BCUT2D eigenvalue weighted by Gasteiger charge is -2.51. The highest BCUT2D eigenvalue weighted by atomic mass is 16.7. The molecule has 0 aromatic rings. The largest absolute Gasteiger partial charge is 0.479 e. The van der Waals surface area contributed by atoms with Crippen LogP contribution in [0.15, 0.2) is 36.0 Å². The molecule has 17 atom stereocenters. The van der Waals surface area contributed by atoms with Gasteiger partial charge in [-0.15, -0.1) is 0 Å². The van der Waals surface area contributed by atoms with Crippen molar-refractivity contribution in [3.63, 3.8) is 0 Å². The first-order valence-electron chi connectivity index (χ1n) is 21.3. The zero-order valence-electron chi connectivity index (χ0n) is 34.0. The molecule has 322 valence electrons. The minimum atomic E-state index is -1.96. The maximum Gasteiger partial charge on any atom is 0.335 e. The van der Waals surface area contributed by atoms with E-state index in [1.54, 1.807) is 6.08 Å². The molecule has 7 aliphatic rings. The molecule has 6 saturated heterocycles. The molecule has 57 heavy (non-hydrogen) atoms. The van der Waals surface area contributed by atoms with Gasteiger partial charge in [-0.05, 0) is 89.2 Å². The standard InChI is InChI=1S/C43H66O14/c1-24-20-29(54-43(22-24)34(46)12-11-30(55-43)23-40(5,50)39(48)49)10-6-9-28-14-16-41(53-28)17-15-33-38(56-41)35(47)27(4)37(52-33)32(45)21-31(44)36-25(2)13-18-42(57-36)26(3)8-7-19-51-42/h6,9,22,25-26,28-38,44-47,50H,4,7-8,10-21,23H2,1-3,5H3,(H,48,49). The second-order valence-corrected chi connectivity index (χ2v) is 18.5. The van der Waals surface area contributed by atoms with Crippen LogP contribution in [0.4, 0.5) is 0 Å².